The Balaban J connectivity index is 1.84. The van der Waals surface area contributed by atoms with Crippen LogP contribution in [0.5, 0.6) is 5.75 Å². The minimum Gasteiger partial charge on any atom is -0.497 e. The van der Waals surface area contributed by atoms with E-state index < -0.39 is 0 Å². The molecule has 0 unspecified atom stereocenters. The highest BCUT2D eigenvalue weighted by atomic mass is 16.5. The molecule has 0 radical (unpaired) electrons. The minimum absolute atomic E-state index is 0.0293. The first-order chi connectivity index (χ1) is 10.6. The first-order valence-corrected chi connectivity index (χ1v) is 7.09. The summed E-state index contributed by atoms with van der Waals surface area (Å²) >= 11 is 0. The number of hydrogen-bond donors (Lipinski definition) is 0. The van der Waals surface area contributed by atoms with Crippen LogP contribution in [0.2, 0.25) is 0 Å². The summed E-state index contributed by atoms with van der Waals surface area (Å²) in [4.78, 5) is 25.7. The van der Waals surface area contributed by atoms with Crippen LogP contribution in [0.3, 0.4) is 0 Å². The lowest BCUT2D eigenvalue weighted by Crippen LogP contribution is -2.45. The molecule has 6 heteroatoms. The van der Waals surface area contributed by atoms with Crippen LogP contribution in [0, 0.1) is 0 Å². The molecule has 1 aromatic carbocycles. The highest BCUT2D eigenvalue weighted by molar-refractivity contribution is 5.93. The predicted molar refractivity (Wildman–Crippen MR) is 80.9 cm³/mol. The lowest BCUT2D eigenvalue weighted by atomic mass is 9.94. The Morgan fingerprint density at radius 1 is 1.32 bits per heavy atom. The van der Waals surface area contributed by atoms with Crippen molar-refractivity contribution in [3.05, 3.63) is 58.0 Å². The topological polar surface area (TPSA) is 64.4 Å². The van der Waals surface area contributed by atoms with Crippen LogP contribution in [0.4, 0.5) is 0 Å². The molecule has 0 aliphatic carbocycles. The van der Waals surface area contributed by atoms with E-state index in [1.165, 1.54) is 23.9 Å². The zero-order valence-corrected chi connectivity index (χ0v) is 12.5. The Bertz CT molecular complexity index is 769. The molecule has 22 heavy (non-hydrogen) atoms. The summed E-state index contributed by atoms with van der Waals surface area (Å²) in [6, 6.07) is 10.6. The van der Waals surface area contributed by atoms with Crippen LogP contribution >= 0.6 is 0 Å². The first kappa shape index (κ1) is 14.3. The number of ether oxygens (including phenoxy) is 1. The van der Waals surface area contributed by atoms with Gasteiger partial charge < -0.3 is 9.64 Å². The Labute approximate surface area is 127 Å². The number of likely N-dealkylation sites (tertiary alicyclic amines) is 1. The molecule has 1 aliphatic heterocycles. The number of aryl methyl sites for hydroxylation is 1. The largest absolute Gasteiger partial charge is 0.497 e. The quantitative estimate of drug-likeness (QED) is 0.859. The molecule has 2 heterocycles. The summed E-state index contributed by atoms with van der Waals surface area (Å²) in [5.74, 6) is 0.617. The van der Waals surface area contributed by atoms with E-state index in [9.17, 15) is 9.59 Å². The number of rotatable bonds is 3. The van der Waals surface area contributed by atoms with E-state index in [-0.39, 0.29) is 23.2 Å². The maximum absolute atomic E-state index is 12.5. The smallest absolute Gasteiger partial charge is 0.274 e. The van der Waals surface area contributed by atoms with Crippen molar-refractivity contribution in [2.24, 2.45) is 7.05 Å². The van der Waals surface area contributed by atoms with Gasteiger partial charge in [0.2, 0.25) is 0 Å². The van der Waals surface area contributed by atoms with E-state index in [2.05, 4.69) is 5.10 Å². The van der Waals surface area contributed by atoms with E-state index >= 15 is 0 Å². The van der Waals surface area contributed by atoms with E-state index in [4.69, 9.17) is 4.74 Å². The molecule has 0 N–H and O–H groups in total. The predicted octanol–water partition coefficient (Wildman–Crippen LogP) is 1.38. The minimum atomic E-state index is -0.232. The second-order valence-corrected chi connectivity index (χ2v) is 5.26. The SMILES string of the molecule is COc1cccc([C@H]2CCN2C(=O)c2ccc(=O)n(C)n2)c1. The van der Waals surface area contributed by atoms with Gasteiger partial charge in [-0.25, -0.2) is 4.68 Å². The number of carbonyl (C=O) groups is 1. The maximum atomic E-state index is 12.5. The summed E-state index contributed by atoms with van der Waals surface area (Å²) in [5, 5.41) is 4.03. The molecule has 0 bridgehead atoms. The maximum Gasteiger partial charge on any atom is 0.274 e. The van der Waals surface area contributed by atoms with E-state index in [0.717, 1.165) is 17.7 Å². The van der Waals surface area contributed by atoms with Crippen molar-refractivity contribution in [1.29, 1.82) is 0 Å². The van der Waals surface area contributed by atoms with Crippen molar-refractivity contribution in [1.82, 2.24) is 14.7 Å². The zero-order chi connectivity index (χ0) is 15.7. The van der Waals surface area contributed by atoms with Crippen molar-refractivity contribution in [2.75, 3.05) is 13.7 Å². The normalized spacial score (nSPS) is 17.0. The van der Waals surface area contributed by atoms with E-state index in [0.29, 0.717) is 6.54 Å². The number of methoxy groups -OCH3 is 1. The van der Waals surface area contributed by atoms with Gasteiger partial charge >= 0.3 is 0 Å². The molecule has 2 aromatic rings. The molecule has 1 amide bonds. The number of hydrogen-bond acceptors (Lipinski definition) is 4. The molecule has 1 aromatic heterocycles. The van der Waals surface area contributed by atoms with Gasteiger partial charge in [-0.15, -0.1) is 0 Å². The average molecular weight is 299 g/mol. The van der Waals surface area contributed by atoms with E-state index in [1.807, 2.05) is 24.3 Å². The number of nitrogens with zero attached hydrogens (tertiary/aromatic N) is 3. The molecule has 0 spiro atoms. The van der Waals surface area contributed by atoms with Gasteiger partial charge in [-0.2, -0.15) is 5.10 Å². The summed E-state index contributed by atoms with van der Waals surface area (Å²) in [7, 11) is 3.16. The number of amides is 1. The van der Waals surface area contributed by atoms with Gasteiger partial charge in [0.05, 0.1) is 13.2 Å². The molecule has 0 saturated carbocycles. The molecular weight excluding hydrogens is 282 g/mol. The van der Waals surface area contributed by atoms with Gasteiger partial charge in [-0.05, 0) is 30.2 Å². The van der Waals surface area contributed by atoms with Crippen LogP contribution in [0.15, 0.2) is 41.2 Å². The van der Waals surface area contributed by atoms with Crippen molar-refractivity contribution in [3.8, 4) is 5.75 Å². The Kier molecular flexibility index (Phi) is 3.66. The number of aromatic nitrogens is 2. The molecule has 1 fully saturated rings. The van der Waals surface area contributed by atoms with Gasteiger partial charge in [0, 0.05) is 19.7 Å². The number of benzene rings is 1. The van der Waals surface area contributed by atoms with Gasteiger partial charge in [0.15, 0.2) is 0 Å². The van der Waals surface area contributed by atoms with Gasteiger partial charge in [0.25, 0.3) is 11.5 Å². The molecule has 1 atom stereocenters. The molecular formula is C16H17N3O3. The third-order valence-electron chi connectivity index (χ3n) is 3.94. The standard InChI is InChI=1S/C16H17N3O3/c1-18-15(20)7-6-13(17-18)16(21)19-9-8-14(19)11-4-3-5-12(10-11)22-2/h3-7,10,14H,8-9H2,1-2H3/t14-/m1/s1. The van der Waals surface area contributed by atoms with Crippen molar-refractivity contribution in [3.63, 3.8) is 0 Å². The van der Waals surface area contributed by atoms with Crippen LogP contribution in [-0.2, 0) is 7.05 Å². The zero-order valence-electron chi connectivity index (χ0n) is 12.5. The summed E-state index contributed by atoms with van der Waals surface area (Å²) in [6.07, 6.45) is 0.907. The Morgan fingerprint density at radius 2 is 2.14 bits per heavy atom. The Hall–Kier alpha value is -2.63. The molecule has 1 aliphatic rings. The van der Waals surface area contributed by atoms with Gasteiger partial charge in [-0.1, -0.05) is 12.1 Å². The molecule has 1 saturated heterocycles. The van der Waals surface area contributed by atoms with Crippen LogP contribution in [-0.4, -0.2) is 34.2 Å². The molecule has 6 nitrogen and oxygen atoms in total. The lowest BCUT2D eigenvalue weighted by Gasteiger charge is -2.41. The molecule has 114 valence electrons. The van der Waals surface area contributed by atoms with Crippen molar-refractivity contribution in [2.45, 2.75) is 12.5 Å². The number of carbonyl (C=O) groups excluding carboxylic acids is 1. The monoisotopic (exact) mass is 299 g/mol. The third-order valence-corrected chi connectivity index (χ3v) is 3.94. The van der Waals surface area contributed by atoms with Crippen molar-refractivity contribution < 1.29 is 9.53 Å². The van der Waals surface area contributed by atoms with Crippen LogP contribution < -0.4 is 10.3 Å². The van der Waals surface area contributed by atoms with Crippen LogP contribution in [0.25, 0.3) is 0 Å². The summed E-state index contributed by atoms with van der Waals surface area (Å²) < 4.78 is 6.40. The van der Waals surface area contributed by atoms with Gasteiger partial charge in [0.1, 0.15) is 11.4 Å². The fraction of sp³-hybridized carbons (Fsp3) is 0.312. The lowest BCUT2D eigenvalue weighted by molar-refractivity contribution is 0.0451. The summed E-state index contributed by atoms with van der Waals surface area (Å²) in [5.41, 5.74) is 1.10. The van der Waals surface area contributed by atoms with E-state index in [1.54, 1.807) is 12.0 Å². The molecule has 3 rings (SSSR count). The highest BCUT2D eigenvalue weighted by Gasteiger charge is 2.34. The fourth-order valence-corrected chi connectivity index (χ4v) is 2.59. The first-order valence-electron chi connectivity index (χ1n) is 7.09. The average Bonchev–Trinajstić information content (AvgIpc) is 2.49. The second-order valence-electron chi connectivity index (χ2n) is 5.26. The van der Waals surface area contributed by atoms with Crippen molar-refractivity contribution >= 4 is 5.91 Å². The Morgan fingerprint density at radius 3 is 2.77 bits per heavy atom. The van der Waals surface area contributed by atoms with Gasteiger partial charge in [-0.3, -0.25) is 9.59 Å². The second kappa shape index (κ2) is 5.63. The summed E-state index contributed by atoms with van der Waals surface area (Å²) in [6.45, 7) is 0.686. The fourth-order valence-electron chi connectivity index (χ4n) is 2.59. The third kappa shape index (κ3) is 2.47. The highest BCUT2D eigenvalue weighted by Crippen LogP contribution is 2.35. The van der Waals surface area contributed by atoms with Crippen LogP contribution in [0.1, 0.15) is 28.5 Å².